The van der Waals surface area contributed by atoms with E-state index < -0.39 is 17.7 Å². The number of hydrogen-bond acceptors (Lipinski definition) is 6. The third-order valence-corrected chi connectivity index (χ3v) is 6.08. The van der Waals surface area contributed by atoms with Crippen molar-refractivity contribution in [1.29, 1.82) is 0 Å². The fourth-order valence-electron chi connectivity index (χ4n) is 4.24. The Bertz CT molecular complexity index is 1010. The third kappa shape index (κ3) is 5.03. The van der Waals surface area contributed by atoms with Gasteiger partial charge >= 0.3 is 0 Å². The van der Waals surface area contributed by atoms with Gasteiger partial charge in [0.25, 0.3) is 11.7 Å². The van der Waals surface area contributed by atoms with E-state index >= 15 is 0 Å². The van der Waals surface area contributed by atoms with Gasteiger partial charge in [0.1, 0.15) is 5.76 Å². The van der Waals surface area contributed by atoms with Gasteiger partial charge in [-0.2, -0.15) is 0 Å². The number of aliphatic hydroxyl groups excluding tert-OH is 1. The van der Waals surface area contributed by atoms with Crippen LogP contribution in [-0.4, -0.2) is 67.0 Å². The minimum absolute atomic E-state index is 0.0845. The molecule has 0 aromatic heterocycles. The fraction of sp³-hybridized carbons (Fsp3) is 0.385. The van der Waals surface area contributed by atoms with Gasteiger partial charge in [0, 0.05) is 12.1 Å². The van der Waals surface area contributed by atoms with Gasteiger partial charge in [-0.05, 0) is 43.8 Å². The van der Waals surface area contributed by atoms with Crippen molar-refractivity contribution in [1.82, 2.24) is 9.80 Å². The SMILES string of the molecule is CCN(CC)CCCN1C(=O)C(=O)C(=C(O)c2ccccc2)[C@H]1c1ccc(OC)c(OC)c1. The molecule has 0 bridgehead atoms. The van der Waals surface area contributed by atoms with Crippen molar-refractivity contribution in [2.45, 2.75) is 26.3 Å². The molecule has 3 rings (SSSR count). The number of amides is 1. The number of ether oxygens (including phenoxy) is 2. The molecule has 0 saturated carbocycles. The van der Waals surface area contributed by atoms with Gasteiger partial charge in [-0.25, -0.2) is 0 Å². The summed E-state index contributed by atoms with van der Waals surface area (Å²) in [4.78, 5) is 30.0. The molecule has 1 aliphatic rings. The summed E-state index contributed by atoms with van der Waals surface area (Å²) in [6.45, 7) is 7.24. The zero-order valence-corrected chi connectivity index (χ0v) is 19.7. The zero-order valence-electron chi connectivity index (χ0n) is 19.7. The molecule has 1 heterocycles. The first kappa shape index (κ1) is 24.3. The molecule has 0 radical (unpaired) electrons. The third-order valence-electron chi connectivity index (χ3n) is 6.08. The molecule has 176 valence electrons. The summed E-state index contributed by atoms with van der Waals surface area (Å²) in [5, 5.41) is 11.1. The Morgan fingerprint density at radius 2 is 1.67 bits per heavy atom. The van der Waals surface area contributed by atoms with Crippen LogP contribution in [0.3, 0.4) is 0 Å². The lowest BCUT2D eigenvalue weighted by Gasteiger charge is -2.27. The summed E-state index contributed by atoms with van der Waals surface area (Å²) in [6, 6.07) is 13.4. The van der Waals surface area contributed by atoms with E-state index in [1.54, 1.807) is 54.5 Å². The number of carbonyl (C=O) groups excluding carboxylic acids is 2. The minimum atomic E-state index is -0.721. The highest BCUT2D eigenvalue weighted by molar-refractivity contribution is 6.46. The molecule has 0 aliphatic carbocycles. The molecule has 2 aromatic rings. The average Bonchev–Trinajstić information content (AvgIpc) is 3.11. The lowest BCUT2D eigenvalue weighted by atomic mass is 9.95. The number of rotatable bonds is 10. The Morgan fingerprint density at radius 3 is 2.27 bits per heavy atom. The van der Waals surface area contributed by atoms with Crippen molar-refractivity contribution in [2.75, 3.05) is 40.4 Å². The molecule has 1 N–H and O–H groups in total. The van der Waals surface area contributed by atoms with Crippen LogP contribution in [0.2, 0.25) is 0 Å². The van der Waals surface area contributed by atoms with E-state index in [1.807, 2.05) is 6.07 Å². The maximum atomic E-state index is 13.1. The first-order chi connectivity index (χ1) is 16.0. The van der Waals surface area contributed by atoms with Gasteiger partial charge in [-0.15, -0.1) is 0 Å². The Kier molecular flexibility index (Phi) is 8.11. The monoisotopic (exact) mass is 452 g/mol. The molecule has 0 spiro atoms. The summed E-state index contributed by atoms with van der Waals surface area (Å²) < 4.78 is 10.8. The van der Waals surface area contributed by atoms with E-state index in [4.69, 9.17) is 9.47 Å². The molecular formula is C26H32N2O5. The lowest BCUT2D eigenvalue weighted by molar-refractivity contribution is -0.140. The fourth-order valence-corrected chi connectivity index (χ4v) is 4.24. The average molecular weight is 453 g/mol. The first-order valence-corrected chi connectivity index (χ1v) is 11.2. The van der Waals surface area contributed by atoms with E-state index in [2.05, 4.69) is 18.7 Å². The van der Waals surface area contributed by atoms with Crippen LogP contribution in [-0.2, 0) is 9.59 Å². The van der Waals surface area contributed by atoms with E-state index in [0.717, 1.165) is 19.6 Å². The molecule has 2 aromatic carbocycles. The number of Topliss-reactive ketones (excluding diaryl/α,β-unsaturated/α-hetero) is 1. The van der Waals surface area contributed by atoms with Crippen molar-refractivity contribution in [3.05, 3.63) is 65.2 Å². The molecule has 0 unspecified atom stereocenters. The predicted molar refractivity (Wildman–Crippen MR) is 127 cm³/mol. The highest BCUT2D eigenvalue weighted by Gasteiger charge is 2.46. The summed E-state index contributed by atoms with van der Waals surface area (Å²) >= 11 is 0. The molecule has 1 amide bonds. The molecule has 7 heteroatoms. The Balaban J connectivity index is 2.07. The van der Waals surface area contributed by atoms with Gasteiger partial charge in [0.2, 0.25) is 0 Å². The van der Waals surface area contributed by atoms with Crippen LogP contribution in [0.25, 0.3) is 5.76 Å². The number of nitrogens with zero attached hydrogens (tertiary/aromatic N) is 2. The molecule has 1 aliphatic heterocycles. The Morgan fingerprint density at radius 1 is 1.00 bits per heavy atom. The number of carbonyl (C=O) groups is 2. The second-order valence-electron chi connectivity index (χ2n) is 7.85. The van der Waals surface area contributed by atoms with Crippen molar-refractivity contribution in [3.8, 4) is 11.5 Å². The van der Waals surface area contributed by atoms with Crippen LogP contribution in [0.1, 0.15) is 37.4 Å². The topological polar surface area (TPSA) is 79.3 Å². The smallest absolute Gasteiger partial charge is 0.295 e. The van der Waals surface area contributed by atoms with Crippen LogP contribution in [0.15, 0.2) is 54.1 Å². The van der Waals surface area contributed by atoms with Crippen molar-refractivity contribution in [2.24, 2.45) is 0 Å². The molecule has 1 atom stereocenters. The lowest BCUT2D eigenvalue weighted by Crippen LogP contribution is -2.33. The standard InChI is InChI=1S/C26H32N2O5/c1-5-27(6-2)15-10-16-28-23(19-13-14-20(32-3)21(17-19)33-4)22(25(30)26(28)31)24(29)18-11-8-7-9-12-18/h7-9,11-14,17,23,29H,5-6,10,15-16H2,1-4H3/t23-/m1/s1. The van der Waals surface area contributed by atoms with Crippen LogP contribution in [0.5, 0.6) is 11.5 Å². The molecule has 1 saturated heterocycles. The number of aliphatic hydroxyl groups is 1. The van der Waals surface area contributed by atoms with Gasteiger partial charge in [0.15, 0.2) is 11.5 Å². The van der Waals surface area contributed by atoms with Crippen molar-refractivity contribution < 1.29 is 24.2 Å². The maximum absolute atomic E-state index is 13.1. The van der Waals surface area contributed by atoms with E-state index in [0.29, 0.717) is 35.6 Å². The molecule has 7 nitrogen and oxygen atoms in total. The Labute approximate surface area is 195 Å². The summed E-state index contributed by atoms with van der Waals surface area (Å²) in [6.07, 6.45) is 0.712. The van der Waals surface area contributed by atoms with Gasteiger partial charge in [0.05, 0.1) is 25.8 Å². The van der Waals surface area contributed by atoms with Crippen LogP contribution >= 0.6 is 0 Å². The molecule has 1 fully saturated rings. The summed E-state index contributed by atoms with van der Waals surface area (Å²) in [7, 11) is 3.08. The second kappa shape index (κ2) is 11.0. The summed E-state index contributed by atoms with van der Waals surface area (Å²) in [5.41, 5.74) is 1.25. The minimum Gasteiger partial charge on any atom is -0.507 e. The van der Waals surface area contributed by atoms with Gasteiger partial charge in [-0.3, -0.25) is 9.59 Å². The quantitative estimate of drug-likeness (QED) is 0.335. The van der Waals surface area contributed by atoms with Gasteiger partial charge in [-0.1, -0.05) is 50.2 Å². The molecular weight excluding hydrogens is 420 g/mol. The summed E-state index contributed by atoms with van der Waals surface area (Å²) in [5.74, 6) is -0.433. The molecule has 33 heavy (non-hydrogen) atoms. The number of hydrogen-bond donors (Lipinski definition) is 1. The number of likely N-dealkylation sites (tertiary alicyclic amines) is 1. The number of benzene rings is 2. The van der Waals surface area contributed by atoms with E-state index in [9.17, 15) is 14.7 Å². The van der Waals surface area contributed by atoms with Crippen LogP contribution in [0.4, 0.5) is 0 Å². The van der Waals surface area contributed by atoms with E-state index in [-0.39, 0.29) is 11.3 Å². The van der Waals surface area contributed by atoms with Gasteiger partial charge < -0.3 is 24.4 Å². The highest BCUT2D eigenvalue weighted by Crippen LogP contribution is 2.41. The van der Waals surface area contributed by atoms with E-state index in [1.165, 1.54) is 7.11 Å². The van der Waals surface area contributed by atoms with Crippen molar-refractivity contribution in [3.63, 3.8) is 0 Å². The normalized spacial score (nSPS) is 17.6. The predicted octanol–water partition coefficient (Wildman–Crippen LogP) is 3.86. The highest BCUT2D eigenvalue weighted by atomic mass is 16.5. The Hall–Kier alpha value is -3.32. The van der Waals surface area contributed by atoms with Crippen LogP contribution in [0, 0.1) is 0 Å². The van der Waals surface area contributed by atoms with Crippen LogP contribution < -0.4 is 9.47 Å². The largest absolute Gasteiger partial charge is 0.507 e. The second-order valence-corrected chi connectivity index (χ2v) is 7.85. The first-order valence-electron chi connectivity index (χ1n) is 11.2. The number of ketones is 1. The zero-order chi connectivity index (χ0) is 24.0. The number of methoxy groups -OCH3 is 2. The van der Waals surface area contributed by atoms with Crippen molar-refractivity contribution >= 4 is 17.4 Å². The maximum Gasteiger partial charge on any atom is 0.295 e.